The predicted molar refractivity (Wildman–Crippen MR) is 88.9 cm³/mol. The Balaban J connectivity index is 2.31. The molecule has 0 fully saturated rings. The molecule has 0 saturated carbocycles. The summed E-state index contributed by atoms with van der Waals surface area (Å²) < 4.78 is 2.52. The molecule has 0 aliphatic heterocycles. The van der Waals surface area contributed by atoms with Gasteiger partial charge >= 0.3 is 0 Å². The van der Waals surface area contributed by atoms with E-state index in [1.807, 2.05) is 13.8 Å². The Morgan fingerprint density at radius 3 is 2.71 bits per heavy atom. The summed E-state index contributed by atoms with van der Waals surface area (Å²) in [5.41, 5.74) is 8.56. The molecule has 1 aromatic carbocycles. The Bertz CT molecular complexity index is 682. The fourth-order valence-electron chi connectivity index (χ4n) is 2.14. The summed E-state index contributed by atoms with van der Waals surface area (Å²) in [4.78, 5) is 12.4. The maximum absolute atomic E-state index is 12.4. The third-order valence-electron chi connectivity index (χ3n) is 3.34. The quantitative estimate of drug-likeness (QED) is 0.641. The van der Waals surface area contributed by atoms with Crippen molar-refractivity contribution in [1.82, 2.24) is 9.78 Å². The summed E-state index contributed by atoms with van der Waals surface area (Å²) in [6.45, 7) is 4.67. The van der Waals surface area contributed by atoms with E-state index in [-0.39, 0.29) is 12.2 Å². The summed E-state index contributed by atoms with van der Waals surface area (Å²) in [6, 6.07) is 5.18. The smallest absolute Gasteiger partial charge is 0.168 e. The zero-order chi connectivity index (χ0) is 15.6. The first-order chi connectivity index (χ1) is 9.97. The number of carbonyl (C=O) groups is 1. The number of aryl methyl sites for hydroxylation is 2. The van der Waals surface area contributed by atoms with Crippen LogP contribution in [0, 0.1) is 0 Å². The van der Waals surface area contributed by atoms with Crippen LogP contribution in [0.4, 0.5) is 5.69 Å². The van der Waals surface area contributed by atoms with Crippen LogP contribution in [0.3, 0.4) is 0 Å². The van der Waals surface area contributed by atoms with Gasteiger partial charge in [-0.25, -0.2) is 0 Å². The Hall–Kier alpha value is -1.33. The molecule has 6 heteroatoms. The maximum Gasteiger partial charge on any atom is 0.168 e. The van der Waals surface area contributed by atoms with Gasteiger partial charge in [0.15, 0.2) is 5.78 Å². The van der Waals surface area contributed by atoms with Crippen LogP contribution in [-0.2, 0) is 19.4 Å². The normalized spacial score (nSPS) is 10.9. The number of nitrogen functional groups attached to an aromatic ring is 1. The first kappa shape index (κ1) is 16.0. The summed E-state index contributed by atoms with van der Waals surface area (Å²) in [5, 5.41) is 5.03. The number of halogens is 2. The molecule has 112 valence electrons. The van der Waals surface area contributed by atoms with Gasteiger partial charge in [-0.1, -0.05) is 18.5 Å². The van der Waals surface area contributed by atoms with Gasteiger partial charge in [0.1, 0.15) is 0 Å². The van der Waals surface area contributed by atoms with Gasteiger partial charge in [-0.15, -0.1) is 0 Å². The van der Waals surface area contributed by atoms with E-state index in [1.54, 1.807) is 22.9 Å². The van der Waals surface area contributed by atoms with E-state index in [2.05, 4.69) is 21.0 Å². The van der Waals surface area contributed by atoms with Crippen molar-refractivity contribution in [1.29, 1.82) is 0 Å². The lowest BCUT2D eigenvalue weighted by atomic mass is 10.1. The second-order valence-corrected chi connectivity index (χ2v) is 5.95. The predicted octanol–water partition coefficient (Wildman–Crippen LogP) is 3.89. The average molecular weight is 371 g/mol. The number of hydrogen-bond donors (Lipinski definition) is 1. The minimum atomic E-state index is -0.00477. The van der Waals surface area contributed by atoms with Crippen LogP contribution >= 0.6 is 27.5 Å². The topological polar surface area (TPSA) is 60.9 Å². The molecule has 0 atom stereocenters. The average Bonchev–Trinajstić information content (AvgIpc) is 2.78. The largest absolute Gasteiger partial charge is 0.398 e. The summed E-state index contributed by atoms with van der Waals surface area (Å²) in [5.74, 6) is -0.00477. The van der Waals surface area contributed by atoms with Crippen molar-refractivity contribution in [2.75, 3.05) is 5.73 Å². The number of hydrogen-bond acceptors (Lipinski definition) is 3. The van der Waals surface area contributed by atoms with Crippen molar-refractivity contribution in [3.05, 3.63) is 44.6 Å². The van der Waals surface area contributed by atoms with E-state index in [0.717, 1.165) is 22.3 Å². The summed E-state index contributed by atoms with van der Waals surface area (Å²) in [6.07, 6.45) is 0.983. The molecule has 0 aliphatic rings. The van der Waals surface area contributed by atoms with Gasteiger partial charge in [0.05, 0.1) is 22.8 Å². The van der Waals surface area contributed by atoms with Crippen LogP contribution in [0.2, 0.25) is 5.02 Å². The van der Waals surface area contributed by atoms with Gasteiger partial charge in [0, 0.05) is 22.3 Å². The number of anilines is 1. The van der Waals surface area contributed by atoms with Gasteiger partial charge < -0.3 is 5.73 Å². The molecule has 0 aliphatic carbocycles. The van der Waals surface area contributed by atoms with Crippen molar-refractivity contribution in [3.63, 3.8) is 0 Å². The van der Waals surface area contributed by atoms with E-state index in [9.17, 15) is 4.79 Å². The first-order valence-electron chi connectivity index (χ1n) is 6.80. The fraction of sp³-hybridized carbons (Fsp3) is 0.333. The molecule has 0 radical (unpaired) electrons. The lowest BCUT2D eigenvalue weighted by molar-refractivity contribution is 0.0990. The molecular formula is C15H17BrClN3O. The van der Waals surface area contributed by atoms with Gasteiger partial charge in [0.2, 0.25) is 0 Å². The van der Waals surface area contributed by atoms with E-state index >= 15 is 0 Å². The van der Waals surface area contributed by atoms with E-state index in [0.29, 0.717) is 22.8 Å². The van der Waals surface area contributed by atoms with Crippen LogP contribution in [0.25, 0.3) is 0 Å². The number of nitrogens with zero attached hydrogens (tertiary/aromatic N) is 2. The van der Waals surface area contributed by atoms with Crippen LogP contribution < -0.4 is 5.73 Å². The Kier molecular flexibility index (Phi) is 5.06. The van der Waals surface area contributed by atoms with Crippen molar-refractivity contribution in [2.24, 2.45) is 0 Å². The van der Waals surface area contributed by atoms with Crippen LogP contribution in [0.1, 0.15) is 35.6 Å². The second-order valence-electron chi connectivity index (χ2n) is 4.71. The summed E-state index contributed by atoms with van der Waals surface area (Å²) >= 11 is 9.67. The molecule has 1 aromatic heterocycles. The number of carbonyl (C=O) groups excluding carboxylic acids is 1. The highest BCUT2D eigenvalue weighted by Crippen LogP contribution is 2.25. The Labute approximate surface area is 137 Å². The number of ketones is 1. The van der Waals surface area contributed by atoms with Gasteiger partial charge in [0.25, 0.3) is 0 Å². The van der Waals surface area contributed by atoms with Crippen molar-refractivity contribution >= 4 is 39.0 Å². The van der Waals surface area contributed by atoms with E-state index < -0.39 is 0 Å². The number of nitrogens with two attached hydrogens (primary N) is 1. The lowest BCUT2D eigenvalue weighted by Crippen LogP contribution is -2.10. The Morgan fingerprint density at radius 2 is 2.14 bits per heavy atom. The third kappa shape index (κ3) is 3.30. The highest BCUT2D eigenvalue weighted by atomic mass is 79.9. The SMILES string of the molecule is CCc1nn(CC)c(CC(=O)c2ccc(N)c(Br)c2)c1Cl. The second kappa shape index (κ2) is 6.62. The molecular weight excluding hydrogens is 354 g/mol. The molecule has 21 heavy (non-hydrogen) atoms. The molecule has 4 nitrogen and oxygen atoms in total. The molecule has 0 spiro atoms. The monoisotopic (exact) mass is 369 g/mol. The fourth-order valence-corrected chi connectivity index (χ4v) is 2.86. The van der Waals surface area contributed by atoms with Crippen molar-refractivity contribution < 1.29 is 4.79 Å². The molecule has 2 N–H and O–H groups in total. The molecule has 2 rings (SSSR count). The Morgan fingerprint density at radius 1 is 1.43 bits per heavy atom. The van der Waals surface area contributed by atoms with Crippen molar-refractivity contribution in [3.8, 4) is 0 Å². The molecule has 0 bridgehead atoms. The van der Waals surface area contributed by atoms with Gasteiger partial charge in [-0.05, 0) is 47.5 Å². The number of rotatable bonds is 5. The standard InChI is InChI=1S/C15H17BrClN3O/c1-3-12-15(17)13(20(4-2)19-12)8-14(21)9-5-6-11(18)10(16)7-9/h5-7H,3-4,8,18H2,1-2H3. The summed E-state index contributed by atoms with van der Waals surface area (Å²) in [7, 11) is 0. The zero-order valence-corrected chi connectivity index (χ0v) is 14.3. The van der Waals surface area contributed by atoms with Crippen molar-refractivity contribution in [2.45, 2.75) is 33.2 Å². The molecule has 0 amide bonds. The van der Waals surface area contributed by atoms with Crippen LogP contribution in [0.5, 0.6) is 0 Å². The molecule has 0 unspecified atom stereocenters. The molecule has 0 saturated heterocycles. The number of Topliss-reactive ketones (excluding diaryl/α,β-unsaturated/α-hetero) is 1. The highest BCUT2D eigenvalue weighted by Gasteiger charge is 2.18. The number of benzene rings is 1. The van der Waals surface area contributed by atoms with Gasteiger partial charge in [-0.2, -0.15) is 5.10 Å². The zero-order valence-electron chi connectivity index (χ0n) is 12.0. The van der Waals surface area contributed by atoms with E-state index in [4.69, 9.17) is 17.3 Å². The molecule has 1 heterocycles. The number of aromatic nitrogens is 2. The third-order valence-corrected chi connectivity index (χ3v) is 4.47. The highest BCUT2D eigenvalue weighted by molar-refractivity contribution is 9.10. The van der Waals surface area contributed by atoms with Gasteiger partial charge in [-0.3, -0.25) is 9.48 Å². The van der Waals surface area contributed by atoms with Crippen LogP contribution in [0.15, 0.2) is 22.7 Å². The lowest BCUT2D eigenvalue weighted by Gasteiger charge is -2.06. The van der Waals surface area contributed by atoms with E-state index in [1.165, 1.54) is 0 Å². The van der Waals surface area contributed by atoms with Crippen LogP contribution in [-0.4, -0.2) is 15.6 Å². The minimum Gasteiger partial charge on any atom is -0.398 e. The minimum absolute atomic E-state index is 0.00477. The maximum atomic E-state index is 12.4. The first-order valence-corrected chi connectivity index (χ1v) is 7.97. The molecule has 2 aromatic rings.